The molecule has 2 N–H and O–H groups in total. The molecule has 0 saturated heterocycles. The Kier molecular flexibility index (Phi) is 5.95. The van der Waals surface area contributed by atoms with Crippen molar-refractivity contribution in [2.75, 3.05) is 7.11 Å². The number of hydrogen-bond acceptors (Lipinski definition) is 2. The zero-order chi connectivity index (χ0) is 10.7. The van der Waals surface area contributed by atoms with Crippen LogP contribution in [-0.2, 0) is 6.42 Å². The maximum absolute atomic E-state index is 12.9. The summed E-state index contributed by atoms with van der Waals surface area (Å²) in [6.45, 7) is 1.86. The number of rotatable bonds is 3. The van der Waals surface area contributed by atoms with Crippen molar-refractivity contribution < 1.29 is 9.13 Å². The Balaban J connectivity index is 0.00000196. The van der Waals surface area contributed by atoms with Crippen LogP contribution in [0.2, 0.25) is 5.02 Å². The maximum Gasteiger partial charge on any atom is 0.128 e. The van der Waals surface area contributed by atoms with E-state index in [9.17, 15) is 4.39 Å². The molecule has 0 fully saturated rings. The van der Waals surface area contributed by atoms with Gasteiger partial charge in [0.05, 0.1) is 12.1 Å². The van der Waals surface area contributed by atoms with Crippen molar-refractivity contribution in [2.45, 2.75) is 19.4 Å². The number of benzene rings is 1. The Morgan fingerprint density at radius 3 is 2.60 bits per heavy atom. The third-order valence-corrected chi connectivity index (χ3v) is 2.20. The van der Waals surface area contributed by atoms with Crippen LogP contribution in [0.3, 0.4) is 0 Å². The van der Waals surface area contributed by atoms with Crippen LogP contribution in [-0.4, -0.2) is 13.2 Å². The van der Waals surface area contributed by atoms with Crippen LogP contribution < -0.4 is 10.5 Å². The first kappa shape index (κ1) is 14.5. The molecular formula is C10H14Cl2FNO. The predicted molar refractivity (Wildman–Crippen MR) is 62.6 cm³/mol. The largest absolute Gasteiger partial charge is 0.496 e. The number of nitrogens with two attached hydrogens (primary N) is 1. The van der Waals surface area contributed by atoms with Gasteiger partial charge in [-0.2, -0.15) is 0 Å². The molecule has 0 amide bonds. The van der Waals surface area contributed by atoms with Crippen LogP contribution in [0.5, 0.6) is 5.75 Å². The van der Waals surface area contributed by atoms with E-state index in [0.29, 0.717) is 17.2 Å². The quantitative estimate of drug-likeness (QED) is 0.900. The number of ether oxygens (including phenoxy) is 1. The van der Waals surface area contributed by atoms with Crippen molar-refractivity contribution in [3.8, 4) is 5.75 Å². The Morgan fingerprint density at radius 2 is 2.13 bits per heavy atom. The van der Waals surface area contributed by atoms with E-state index in [4.69, 9.17) is 22.1 Å². The molecule has 0 aliphatic rings. The molecule has 1 aromatic carbocycles. The summed E-state index contributed by atoms with van der Waals surface area (Å²) in [5.74, 6) is 0.0487. The standard InChI is InChI=1S/C10H13ClFNO.ClH/c1-6(13)3-8-9(11)4-7(12)5-10(8)14-2;/h4-6H,3,13H2,1-2H3;1H. The molecule has 5 heteroatoms. The van der Waals surface area contributed by atoms with E-state index in [2.05, 4.69) is 0 Å². The molecule has 1 unspecified atom stereocenters. The first-order valence-corrected chi connectivity index (χ1v) is 4.70. The molecule has 0 spiro atoms. The highest BCUT2D eigenvalue weighted by Crippen LogP contribution is 2.28. The van der Waals surface area contributed by atoms with E-state index >= 15 is 0 Å². The summed E-state index contributed by atoms with van der Waals surface area (Å²) >= 11 is 5.88. The summed E-state index contributed by atoms with van der Waals surface area (Å²) in [5, 5.41) is 0.360. The molecule has 0 radical (unpaired) electrons. The van der Waals surface area contributed by atoms with Gasteiger partial charge < -0.3 is 10.5 Å². The molecule has 0 aliphatic heterocycles. The van der Waals surface area contributed by atoms with Crippen LogP contribution in [0.4, 0.5) is 4.39 Å². The summed E-state index contributed by atoms with van der Waals surface area (Å²) in [4.78, 5) is 0. The first-order chi connectivity index (χ1) is 6.54. The molecule has 1 aromatic rings. The summed E-state index contributed by atoms with van der Waals surface area (Å²) in [6, 6.07) is 2.54. The van der Waals surface area contributed by atoms with Gasteiger partial charge >= 0.3 is 0 Å². The highest BCUT2D eigenvalue weighted by Gasteiger charge is 2.11. The van der Waals surface area contributed by atoms with Crippen LogP contribution in [0.25, 0.3) is 0 Å². The zero-order valence-corrected chi connectivity index (χ0v) is 10.2. The van der Waals surface area contributed by atoms with Gasteiger partial charge in [0.2, 0.25) is 0 Å². The Bertz CT molecular complexity index is 331. The fraction of sp³-hybridized carbons (Fsp3) is 0.400. The monoisotopic (exact) mass is 253 g/mol. The second-order valence-electron chi connectivity index (χ2n) is 3.25. The van der Waals surface area contributed by atoms with Gasteiger partial charge in [0, 0.05) is 17.7 Å². The average molecular weight is 254 g/mol. The molecule has 0 aromatic heterocycles. The SMILES string of the molecule is COc1cc(F)cc(Cl)c1CC(C)N.Cl. The molecule has 1 atom stereocenters. The summed E-state index contributed by atoms with van der Waals surface area (Å²) < 4.78 is 18.0. The van der Waals surface area contributed by atoms with Crippen molar-refractivity contribution in [1.82, 2.24) is 0 Å². The topological polar surface area (TPSA) is 35.2 Å². The molecule has 0 saturated carbocycles. The molecule has 0 aliphatic carbocycles. The minimum Gasteiger partial charge on any atom is -0.496 e. The maximum atomic E-state index is 12.9. The van der Waals surface area contributed by atoms with Crippen molar-refractivity contribution in [3.63, 3.8) is 0 Å². The minimum atomic E-state index is -0.403. The number of methoxy groups -OCH3 is 1. The summed E-state index contributed by atoms with van der Waals surface area (Å²) in [5.41, 5.74) is 6.40. The van der Waals surface area contributed by atoms with Gasteiger partial charge in [0.15, 0.2) is 0 Å². The Labute approximate surface area is 100.0 Å². The van der Waals surface area contributed by atoms with Crippen molar-refractivity contribution >= 4 is 24.0 Å². The second-order valence-corrected chi connectivity index (χ2v) is 3.66. The zero-order valence-electron chi connectivity index (χ0n) is 8.59. The first-order valence-electron chi connectivity index (χ1n) is 4.32. The Morgan fingerprint density at radius 1 is 1.53 bits per heavy atom. The van der Waals surface area contributed by atoms with Crippen molar-refractivity contribution in [2.24, 2.45) is 5.73 Å². The average Bonchev–Trinajstić information content (AvgIpc) is 2.08. The molecule has 2 nitrogen and oxygen atoms in total. The fourth-order valence-corrected chi connectivity index (χ4v) is 1.56. The lowest BCUT2D eigenvalue weighted by Crippen LogP contribution is -2.18. The third-order valence-electron chi connectivity index (χ3n) is 1.87. The van der Waals surface area contributed by atoms with E-state index in [0.717, 1.165) is 5.56 Å². The molecule has 0 bridgehead atoms. The lowest BCUT2D eigenvalue weighted by atomic mass is 10.1. The van der Waals surface area contributed by atoms with Crippen LogP contribution >= 0.6 is 24.0 Å². The molecule has 0 heterocycles. The molecule has 86 valence electrons. The van der Waals surface area contributed by atoms with E-state index in [-0.39, 0.29) is 18.4 Å². The van der Waals surface area contributed by atoms with E-state index < -0.39 is 5.82 Å². The van der Waals surface area contributed by atoms with E-state index in [1.165, 1.54) is 19.2 Å². The molecule has 15 heavy (non-hydrogen) atoms. The van der Waals surface area contributed by atoms with Gasteiger partial charge in [-0.15, -0.1) is 12.4 Å². The van der Waals surface area contributed by atoms with Crippen LogP contribution in [0.15, 0.2) is 12.1 Å². The number of halogens is 3. The van der Waals surface area contributed by atoms with Gasteiger partial charge in [-0.25, -0.2) is 4.39 Å². The second kappa shape index (κ2) is 6.16. The predicted octanol–water partition coefficient (Wildman–Crippen LogP) is 2.80. The Hall–Kier alpha value is -0.510. The van der Waals surface area contributed by atoms with Crippen molar-refractivity contribution in [3.05, 3.63) is 28.5 Å². The fourth-order valence-electron chi connectivity index (χ4n) is 1.28. The van der Waals surface area contributed by atoms with Crippen LogP contribution in [0.1, 0.15) is 12.5 Å². The van der Waals surface area contributed by atoms with E-state index in [1.807, 2.05) is 6.92 Å². The summed E-state index contributed by atoms with van der Waals surface area (Å²) in [7, 11) is 1.48. The normalized spacial score (nSPS) is 11.8. The van der Waals surface area contributed by atoms with E-state index in [1.54, 1.807) is 0 Å². The lowest BCUT2D eigenvalue weighted by molar-refractivity contribution is 0.405. The molecular weight excluding hydrogens is 240 g/mol. The highest BCUT2D eigenvalue weighted by molar-refractivity contribution is 6.31. The summed E-state index contributed by atoms with van der Waals surface area (Å²) in [6.07, 6.45) is 0.572. The third kappa shape index (κ3) is 3.86. The molecule has 1 rings (SSSR count). The van der Waals surface area contributed by atoms with Gasteiger partial charge in [-0.05, 0) is 19.4 Å². The van der Waals surface area contributed by atoms with Gasteiger partial charge in [0.1, 0.15) is 11.6 Å². The van der Waals surface area contributed by atoms with Gasteiger partial charge in [-0.1, -0.05) is 11.6 Å². The van der Waals surface area contributed by atoms with Crippen LogP contribution in [0, 0.1) is 5.82 Å². The van der Waals surface area contributed by atoms with Gasteiger partial charge in [-0.3, -0.25) is 0 Å². The van der Waals surface area contributed by atoms with Crippen molar-refractivity contribution in [1.29, 1.82) is 0 Å². The minimum absolute atomic E-state index is 0. The lowest BCUT2D eigenvalue weighted by Gasteiger charge is -2.12. The smallest absolute Gasteiger partial charge is 0.128 e. The van der Waals surface area contributed by atoms with Gasteiger partial charge in [0.25, 0.3) is 0 Å². The highest BCUT2D eigenvalue weighted by atomic mass is 35.5. The number of hydrogen-bond donors (Lipinski definition) is 1.